The molecule has 2 atom stereocenters. The van der Waals surface area contributed by atoms with Crippen LogP contribution in [0.25, 0.3) is 0 Å². The van der Waals surface area contributed by atoms with Crippen LogP contribution in [0, 0.1) is 5.92 Å². The van der Waals surface area contributed by atoms with Gasteiger partial charge in [-0.15, -0.1) is 0 Å². The molecule has 0 saturated carbocycles. The van der Waals surface area contributed by atoms with Crippen molar-refractivity contribution in [2.24, 2.45) is 5.92 Å². The van der Waals surface area contributed by atoms with Gasteiger partial charge in [-0.3, -0.25) is 9.59 Å². The number of carbonyl (C=O) groups is 3. The quantitative estimate of drug-likeness (QED) is 0.637. The van der Waals surface area contributed by atoms with Crippen LogP contribution in [0.1, 0.15) is 48.7 Å². The van der Waals surface area contributed by atoms with Gasteiger partial charge in [-0.25, -0.2) is 4.79 Å². The van der Waals surface area contributed by atoms with Gasteiger partial charge >= 0.3 is 5.97 Å². The van der Waals surface area contributed by atoms with Crippen LogP contribution < -0.4 is 10.6 Å². The summed E-state index contributed by atoms with van der Waals surface area (Å²) in [7, 11) is 1.30. The third kappa shape index (κ3) is 7.07. The van der Waals surface area contributed by atoms with E-state index < -0.39 is 18.1 Å². The average molecular weight is 396 g/mol. The van der Waals surface area contributed by atoms with Crippen molar-refractivity contribution < 1.29 is 19.1 Å². The molecule has 0 aromatic heterocycles. The van der Waals surface area contributed by atoms with Gasteiger partial charge in [0.15, 0.2) is 0 Å². The molecule has 6 heteroatoms. The van der Waals surface area contributed by atoms with Crippen molar-refractivity contribution in [1.82, 2.24) is 10.6 Å². The number of ether oxygens (including phenoxy) is 1. The van der Waals surface area contributed by atoms with Gasteiger partial charge in [-0.1, -0.05) is 62.4 Å². The van der Waals surface area contributed by atoms with Crippen LogP contribution in [-0.4, -0.2) is 30.9 Å². The molecule has 0 spiro atoms. The zero-order valence-electron chi connectivity index (χ0n) is 17.1. The Morgan fingerprint density at radius 1 is 0.897 bits per heavy atom. The summed E-state index contributed by atoms with van der Waals surface area (Å²) in [6.07, 6.45) is 0.485. The number of hydrogen-bond acceptors (Lipinski definition) is 4. The Bertz CT molecular complexity index is 806. The number of benzene rings is 2. The van der Waals surface area contributed by atoms with Gasteiger partial charge in [0.1, 0.15) is 6.04 Å². The highest BCUT2D eigenvalue weighted by atomic mass is 16.5. The molecule has 0 aliphatic heterocycles. The summed E-state index contributed by atoms with van der Waals surface area (Å²) < 4.78 is 4.80. The molecule has 0 radical (unpaired) electrons. The molecular weight excluding hydrogens is 368 g/mol. The summed E-state index contributed by atoms with van der Waals surface area (Å²) in [6.45, 7) is 3.93. The maximum Gasteiger partial charge on any atom is 0.328 e. The summed E-state index contributed by atoms with van der Waals surface area (Å²) >= 11 is 0. The molecule has 154 valence electrons. The van der Waals surface area contributed by atoms with Gasteiger partial charge in [0.2, 0.25) is 5.91 Å². The number of nitrogens with one attached hydrogen (secondary N) is 2. The molecule has 6 nitrogen and oxygen atoms in total. The number of esters is 1. The number of rotatable bonds is 9. The van der Waals surface area contributed by atoms with Crippen molar-refractivity contribution in [3.05, 3.63) is 71.8 Å². The van der Waals surface area contributed by atoms with Crippen LogP contribution in [0.5, 0.6) is 0 Å². The molecule has 0 unspecified atom stereocenters. The molecule has 2 N–H and O–H groups in total. The fourth-order valence-corrected chi connectivity index (χ4v) is 3.04. The third-order valence-corrected chi connectivity index (χ3v) is 4.46. The highest BCUT2D eigenvalue weighted by molar-refractivity contribution is 5.94. The van der Waals surface area contributed by atoms with E-state index in [2.05, 4.69) is 10.6 Å². The van der Waals surface area contributed by atoms with Crippen LogP contribution in [0.3, 0.4) is 0 Å². The average Bonchev–Trinajstić information content (AvgIpc) is 2.73. The van der Waals surface area contributed by atoms with Gasteiger partial charge in [0.25, 0.3) is 5.91 Å². The molecule has 29 heavy (non-hydrogen) atoms. The Morgan fingerprint density at radius 2 is 1.48 bits per heavy atom. The van der Waals surface area contributed by atoms with Crippen LogP contribution in [0.15, 0.2) is 60.7 Å². The molecule has 0 bridgehead atoms. The first-order chi connectivity index (χ1) is 13.9. The highest BCUT2D eigenvalue weighted by Gasteiger charge is 2.25. The third-order valence-electron chi connectivity index (χ3n) is 4.46. The number of hydrogen-bond donors (Lipinski definition) is 2. The molecule has 2 aromatic rings. The van der Waals surface area contributed by atoms with E-state index in [1.165, 1.54) is 7.11 Å². The van der Waals surface area contributed by atoms with E-state index >= 15 is 0 Å². The summed E-state index contributed by atoms with van der Waals surface area (Å²) in [5.41, 5.74) is 1.33. The monoisotopic (exact) mass is 396 g/mol. The lowest BCUT2D eigenvalue weighted by molar-refractivity contribution is -0.145. The topological polar surface area (TPSA) is 84.5 Å². The standard InChI is InChI=1S/C23H28N2O4/c1-16(2)14-20(23(28)29-3)24-21(26)15-19(17-10-6-4-7-11-17)25-22(27)18-12-8-5-9-13-18/h4-13,16,19-20H,14-15H2,1-3H3,(H,24,26)(H,25,27)/t19-,20-/m1/s1. The number of methoxy groups -OCH3 is 1. The Hall–Kier alpha value is -3.15. The van der Waals surface area contributed by atoms with Crippen molar-refractivity contribution in [1.29, 1.82) is 0 Å². The Balaban J connectivity index is 2.13. The van der Waals surface area contributed by atoms with Gasteiger partial charge < -0.3 is 15.4 Å². The molecule has 2 amide bonds. The minimum Gasteiger partial charge on any atom is -0.467 e. The van der Waals surface area contributed by atoms with Crippen molar-refractivity contribution in [3.63, 3.8) is 0 Å². The van der Waals surface area contributed by atoms with Crippen molar-refractivity contribution in [2.45, 2.75) is 38.8 Å². The van der Waals surface area contributed by atoms with Crippen molar-refractivity contribution >= 4 is 17.8 Å². The summed E-state index contributed by atoms with van der Waals surface area (Å²) in [5.74, 6) is -0.860. The zero-order chi connectivity index (χ0) is 21.2. The first-order valence-corrected chi connectivity index (χ1v) is 9.68. The Kier molecular flexibility index (Phi) is 8.40. The Morgan fingerprint density at radius 3 is 2.03 bits per heavy atom. The molecule has 0 heterocycles. The second-order valence-corrected chi connectivity index (χ2v) is 7.28. The predicted octanol–water partition coefficient (Wildman–Crippen LogP) is 3.25. The van der Waals surface area contributed by atoms with Crippen molar-refractivity contribution in [2.75, 3.05) is 7.11 Å². The normalized spacial score (nSPS) is 12.7. The number of amides is 2. The van der Waals surface area contributed by atoms with Crippen LogP contribution in [0.2, 0.25) is 0 Å². The largest absolute Gasteiger partial charge is 0.467 e. The molecule has 0 saturated heterocycles. The van der Waals surface area contributed by atoms with Gasteiger partial charge in [0.05, 0.1) is 19.6 Å². The predicted molar refractivity (Wildman–Crippen MR) is 111 cm³/mol. The van der Waals surface area contributed by atoms with Crippen LogP contribution >= 0.6 is 0 Å². The fourth-order valence-electron chi connectivity index (χ4n) is 3.04. The molecule has 0 fully saturated rings. The molecule has 0 aliphatic rings. The maximum absolute atomic E-state index is 12.7. The molecule has 2 rings (SSSR count). The minimum atomic E-state index is -0.714. The number of carbonyl (C=O) groups excluding carboxylic acids is 3. The smallest absolute Gasteiger partial charge is 0.328 e. The van der Waals surface area contributed by atoms with E-state index in [4.69, 9.17) is 4.74 Å². The van der Waals surface area contributed by atoms with Gasteiger partial charge in [0, 0.05) is 5.56 Å². The summed E-state index contributed by atoms with van der Waals surface area (Å²) in [6, 6.07) is 16.9. The lowest BCUT2D eigenvalue weighted by Crippen LogP contribution is -2.44. The highest BCUT2D eigenvalue weighted by Crippen LogP contribution is 2.18. The minimum absolute atomic E-state index is 0.00811. The van der Waals surface area contributed by atoms with Gasteiger partial charge in [-0.2, -0.15) is 0 Å². The lowest BCUT2D eigenvalue weighted by atomic mass is 10.0. The van der Waals surface area contributed by atoms with Crippen LogP contribution in [-0.2, 0) is 14.3 Å². The Labute approximate surface area is 171 Å². The lowest BCUT2D eigenvalue weighted by Gasteiger charge is -2.22. The van der Waals surface area contributed by atoms with Gasteiger partial charge in [-0.05, 0) is 30.0 Å². The van der Waals surface area contributed by atoms with E-state index in [0.29, 0.717) is 12.0 Å². The second kappa shape index (κ2) is 11.0. The van der Waals surface area contributed by atoms with E-state index in [0.717, 1.165) is 5.56 Å². The first-order valence-electron chi connectivity index (χ1n) is 9.68. The second-order valence-electron chi connectivity index (χ2n) is 7.28. The van der Waals surface area contributed by atoms with E-state index in [-0.39, 0.29) is 24.2 Å². The maximum atomic E-state index is 12.7. The van der Waals surface area contributed by atoms with Crippen molar-refractivity contribution in [3.8, 4) is 0 Å². The molecule has 0 aliphatic carbocycles. The first kappa shape index (κ1) is 22.1. The van der Waals surface area contributed by atoms with E-state index in [1.807, 2.05) is 50.2 Å². The molecule has 2 aromatic carbocycles. The summed E-state index contributed by atoms with van der Waals surface area (Å²) in [5, 5.41) is 5.67. The molecular formula is C23H28N2O4. The zero-order valence-corrected chi connectivity index (χ0v) is 17.1. The van der Waals surface area contributed by atoms with E-state index in [1.54, 1.807) is 24.3 Å². The van der Waals surface area contributed by atoms with E-state index in [9.17, 15) is 14.4 Å². The fraction of sp³-hybridized carbons (Fsp3) is 0.348. The summed E-state index contributed by atoms with van der Waals surface area (Å²) in [4.78, 5) is 37.3. The van der Waals surface area contributed by atoms with Crippen LogP contribution in [0.4, 0.5) is 0 Å². The SMILES string of the molecule is COC(=O)[C@@H](CC(C)C)NC(=O)C[C@@H](NC(=O)c1ccccc1)c1ccccc1.